The molecule has 0 spiro atoms. The van der Waals surface area contributed by atoms with Crippen LogP contribution in [0.1, 0.15) is 25.7 Å². The fraction of sp³-hybridized carbons (Fsp3) is 0.562. The number of rotatable bonds is 4. The van der Waals surface area contributed by atoms with Crippen molar-refractivity contribution in [3.63, 3.8) is 0 Å². The van der Waals surface area contributed by atoms with E-state index in [1.807, 2.05) is 12.1 Å². The lowest BCUT2D eigenvalue weighted by atomic mass is 9.88. The van der Waals surface area contributed by atoms with Crippen LogP contribution in [0.25, 0.3) is 0 Å². The normalized spacial score (nSPS) is 27.3. The van der Waals surface area contributed by atoms with E-state index >= 15 is 0 Å². The zero-order valence-corrected chi connectivity index (χ0v) is 12.8. The van der Waals surface area contributed by atoms with E-state index in [1.165, 1.54) is 4.90 Å². The SMILES string of the molecule is N#CC1(N)CCCC1CCSc1ccc2c(c1)OCCO2. The molecule has 0 aromatic heterocycles. The van der Waals surface area contributed by atoms with E-state index < -0.39 is 5.54 Å². The van der Waals surface area contributed by atoms with E-state index in [9.17, 15) is 5.26 Å². The van der Waals surface area contributed by atoms with Gasteiger partial charge in [-0.2, -0.15) is 5.26 Å². The molecule has 0 amide bonds. The molecule has 4 nitrogen and oxygen atoms in total. The van der Waals surface area contributed by atoms with Crippen molar-refractivity contribution in [3.05, 3.63) is 18.2 Å². The Bertz CT molecular complexity index is 558. The zero-order chi connectivity index (χ0) is 14.7. The summed E-state index contributed by atoms with van der Waals surface area (Å²) < 4.78 is 11.1. The van der Waals surface area contributed by atoms with E-state index in [1.54, 1.807) is 11.8 Å². The molecule has 0 bridgehead atoms. The second-order valence-electron chi connectivity index (χ2n) is 5.68. The topological polar surface area (TPSA) is 68.3 Å². The summed E-state index contributed by atoms with van der Waals surface area (Å²) in [5.41, 5.74) is 5.56. The third-order valence-corrected chi connectivity index (χ3v) is 5.36. The molecule has 5 heteroatoms. The van der Waals surface area contributed by atoms with Gasteiger partial charge in [-0.3, -0.25) is 0 Å². The maximum atomic E-state index is 9.23. The van der Waals surface area contributed by atoms with Crippen LogP contribution >= 0.6 is 11.8 Å². The number of nitrogens with two attached hydrogens (primary N) is 1. The van der Waals surface area contributed by atoms with Crippen LogP contribution in [0, 0.1) is 17.2 Å². The van der Waals surface area contributed by atoms with E-state index in [-0.39, 0.29) is 0 Å². The Morgan fingerprint density at radius 1 is 1.33 bits per heavy atom. The first-order chi connectivity index (χ1) is 10.2. The lowest BCUT2D eigenvalue weighted by Crippen LogP contribution is -2.41. The molecule has 0 radical (unpaired) electrons. The molecule has 2 atom stereocenters. The predicted octanol–water partition coefficient (Wildman–Crippen LogP) is 2.96. The molecule has 1 aliphatic carbocycles. The van der Waals surface area contributed by atoms with Crippen LogP contribution < -0.4 is 15.2 Å². The number of ether oxygens (including phenoxy) is 2. The summed E-state index contributed by atoms with van der Waals surface area (Å²) in [5.74, 6) is 2.96. The maximum absolute atomic E-state index is 9.23. The Kier molecular flexibility index (Phi) is 4.27. The van der Waals surface area contributed by atoms with Crippen molar-refractivity contribution in [2.45, 2.75) is 36.1 Å². The Labute approximate surface area is 129 Å². The zero-order valence-electron chi connectivity index (χ0n) is 12.0. The minimum atomic E-state index is -0.604. The van der Waals surface area contributed by atoms with Gasteiger partial charge in [0, 0.05) is 4.90 Å². The molecular formula is C16H20N2O2S. The summed E-state index contributed by atoms with van der Waals surface area (Å²) in [6.45, 7) is 1.23. The third kappa shape index (κ3) is 3.12. The molecule has 1 aromatic rings. The van der Waals surface area contributed by atoms with Crippen molar-refractivity contribution in [2.24, 2.45) is 11.7 Å². The number of hydrogen-bond donors (Lipinski definition) is 1. The van der Waals surface area contributed by atoms with Crippen LogP contribution in [-0.2, 0) is 0 Å². The predicted molar refractivity (Wildman–Crippen MR) is 82.6 cm³/mol. The first-order valence-electron chi connectivity index (χ1n) is 7.44. The largest absolute Gasteiger partial charge is 0.486 e. The van der Waals surface area contributed by atoms with E-state index in [0.29, 0.717) is 19.1 Å². The molecule has 21 heavy (non-hydrogen) atoms. The summed E-state index contributed by atoms with van der Waals surface area (Å²) in [5, 5.41) is 9.23. The van der Waals surface area contributed by atoms with Crippen LogP contribution in [0.15, 0.2) is 23.1 Å². The quantitative estimate of drug-likeness (QED) is 0.866. The minimum absolute atomic E-state index is 0.326. The van der Waals surface area contributed by atoms with Crippen molar-refractivity contribution in [1.82, 2.24) is 0 Å². The highest BCUT2D eigenvalue weighted by Gasteiger charge is 2.39. The van der Waals surface area contributed by atoms with Crippen molar-refractivity contribution in [3.8, 4) is 17.6 Å². The van der Waals surface area contributed by atoms with Gasteiger partial charge in [0.1, 0.15) is 18.8 Å². The van der Waals surface area contributed by atoms with Crippen LogP contribution in [0.2, 0.25) is 0 Å². The number of hydrogen-bond acceptors (Lipinski definition) is 5. The summed E-state index contributed by atoms with van der Waals surface area (Å²) in [7, 11) is 0. The number of fused-ring (bicyclic) bond motifs is 1. The van der Waals surface area contributed by atoms with Crippen molar-refractivity contribution >= 4 is 11.8 Å². The molecule has 3 rings (SSSR count). The van der Waals surface area contributed by atoms with Gasteiger partial charge in [-0.25, -0.2) is 0 Å². The average molecular weight is 304 g/mol. The molecule has 2 N–H and O–H groups in total. The van der Waals surface area contributed by atoms with Gasteiger partial charge in [-0.15, -0.1) is 11.8 Å². The lowest BCUT2D eigenvalue weighted by Gasteiger charge is -2.23. The molecule has 1 aliphatic heterocycles. The van der Waals surface area contributed by atoms with Gasteiger partial charge in [0.05, 0.1) is 6.07 Å². The van der Waals surface area contributed by atoms with Gasteiger partial charge in [-0.05, 0) is 49.1 Å². The monoisotopic (exact) mass is 304 g/mol. The van der Waals surface area contributed by atoms with Crippen LogP contribution in [0.3, 0.4) is 0 Å². The first-order valence-corrected chi connectivity index (χ1v) is 8.42. The highest BCUT2D eigenvalue weighted by Crippen LogP contribution is 2.38. The molecule has 1 heterocycles. The minimum Gasteiger partial charge on any atom is -0.486 e. The lowest BCUT2D eigenvalue weighted by molar-refractivity contribution is 0.171. The highest BCUT2D eigenvalue weighted by atomic mass is 32.2. The van der Waals surface area contributed by atoms with Gasteiger partial charge < -0.3 is 15.2 Å². The van der Waals surface area contributed by atoms with E-state index in [2.05, 4.69) is 12.1 Å². The van der Waals surface area contributed by atoms with Gasteiger partial charge in [0.15, 0.2) is 11.5 Å². The average Bonchev–Trinajstić information content (AvgIpc) is 2.89. The van der Waals surface area contributed by atoms with Crippen LogP contribution in [-0.4, -0.2) is 24.5 Å². The van der Waals surface area contributed by atoms with Crippen LogP contribution in [0.5, 0.6) is 11.5 Å². The Hall–Kier alpha value is -1.38. The second kappa shape index (κ2) is 6.17. The van der Waals surface area contributed by atoms with Gasteiger partial charge in [0.2, 0.25) is 0 Å². The fourth-order valence-electron chi connectivity index (χ4n) is 3.08. The third-order valence-electron chi connectivity index (χ3n) is 4.33. The molecule has 2 unspecified atom stereocenters. The molecule has 2 aliphatic rings. The molecule has 1 fully saturated rings. The smallest absolute Gasteiger partial charge is 0.162 e. The van der Waals surface area contributed by atoms with Gasteiger partial charge in [-0.1, -0.05) is 6.42 Å². The number of benzene rings is 1. The standard InChI is InChI=1S/C16H20N2O2S/c17-11-16(18)6-1-2-12(16)5-9-21-13-3-4-14-15(10-13)20-8-7-19-14/h3-4,10,12H,1-2,5-9,18H2. The summed E-state index contributed by atoms with van der Waals surface area (Å²) in [6.07, 6.45) is 3.97. The van der Waals surface area contributed by atoms with Crippen molar-refractivity contribution in [2.75, 3.05) is 19.0 Å². The number of thioether (sulfide) groups is 1. The summed E-state index contributed by atoms with van der Waals surface area (Å²) >= 11 is 1.79. The van der Waals surface area contributed by atoms with Crippen LogP contribution in [0.4, 0.5) is 0 Å². The fourth-order valence-corrected chi connectivity index (χ4v) is 4.08. The molecular weight excluding hydrogens is 284 g/mol. The van der Waals surface area contributed by atoms with Gasteiger partial charge >= 0.3 is 0 Å². The molecule has 0 saturated heterocycles. The Morgan fingerprint density at radius 3 is 2.95 bits per heavy atom. The summed E-state index contributed by atoms with van der Waals surface area (Å²) in [4.78, 5) is 1.18. The Morgan fingerprint density at radius 2 is 2.14 bits per heavy atom. The number of nitriles is 1. The summed E-state index contributed by atoms with van der Waals surface area (Å²) in [6, 6.07) is 8.38. The van der Waals surface area contributed by atoms with E-state index in [4.69, 9.17) is 15.2 Å². The Balaban J connectivity index is 1.55. The second-order valence-corrected chi connectivity index (χ2v) is 6.85. The molecule has 1 saturated carbocycles. The number of nitrogens with zero attached hydrogens (tertiary/aromatic N) is 1. The maximum Gasteiger partial charge on any atom is 0.162 e. The van der Waals surface area contributed by atoms with E-state index in [0.717, 1.165) is 42.9 Å². The van der Waals surface area contributed by atoms with Crippen molar-refractivity contribution < 1.29 is 9.47 Å². The highest BCUT2D eigenvalue weighted by molar-refractivity contribution is 7.99. The van der Waals surface area contributed by atoms with Crippen molar-refractivity contribution in [1.29, 1.82) is 5.26 Å². The molecule has 112 valence electrons. The van der Waals surface area contributed by atoms with Gasteiger partial charge in [0.25, 0.3) is 0 Å². The molecule has 1 aromatic carbocycles. The first kappa shape index (κ1) is 14.6.